The first-order valence-corrected chi connectivity index (χ1v) is 10.5. The van der Waals surface area contributed by atoms with Crippen LogP contribution in [0.3, 0.4) is 0 Å². The van der Waals surface area contributed by atoms with E-state index in [4.69, 9.17) is 9.47 Å². The summed E-state index contributed by atoms with van der Waals surface area (Å²) in [5, 5.41) is 6.30. The number of hydrogen-bond donors (Lipinski definition) is 2. The van der Waals surface area contributed by atoms with Gasteiger partial charge in [-0.25, -0.2) is 0 Å². The maximum absolute atomic E-state index is 13.0. The predicted octanol–water partition coefficient (Wildman–Crippen LogP) is 2.63. The molecule has 2 aliphatic heterocycles. The van der Waals surface area contributed by atoms with Crippen molar-refractivity contribution in [3.05, 3.63) is 29.8 Å². The second kappa shape index (κ2) is 6.48. The maximum Gasteiger partial charge on any atom is 0.258 e. The molecule has 2 bridgehead atoms. The molecule has 4 fully saturated rings. The number of amides is 2. The predicted molar refractivity (Wildman–Crippen MR) is 103 cm³/mol. The lowest BCUT2D eigenvalue weighted by Crippen LogP contribution is -2.69. The third-order valence-corrected chi connectivity index (χ3v) is 7.34. The summed E-state index contributed by atoms with van der Waals surface area (Å²) in [6.07, 6.45) is 5.62. The lowest BCUT2D eigenvalue weighted by atomic mass is 9.52. The SMILES string of the molecule is C[C@@]12CC[C@@H](C[C@@H]1C(=O)NC[C@@H]1CCCO1)[C@]1(C2)NC(=O)c2ccccc2O1. The van der Waals surface area contributed by atoms with E-state index >= 15 is 0 Å². The fraction of sp³-hybridized carbons (Fsp3) is 0.636. The Balaban J connectivity index is 1.34. The van der Waals surface area contributed by atoms with E-state index in [1.165, 1.54) is 0 Å². The van der Waals surface area contributed by atoms with Gasteiger partial charge < -0.3 is 20.1 Å². The largest absolute Gasteiger partial charge is 0.467 e. The first-order valence-electron chi connectivity index (χ1n) is 10.5. The molecule has 0 unspecified atom stereocenters. The van der Waals surface area contributed by atoms with Gasteiger partial charge in [0.25, 0.3) is 5.91 Å². The summed E-state index contributed by atoms with van der Waals surface area (Å²) < 4.78 is 12.0. The van der Waals surface area contributed by atoms with Crippen molar-refractivity contribution in [1.29, 1.82) is 0 Å². The molecule has 2 heterocycles. The van der Waals surface area contributed by atoms with Crippen molar-refractivity contribution in [3.8, 4) is 5.75 Å². The molecule has 0 aromatic heterocycles. The molecule has 5 aliphatic rings. The van der Waals surface area contributed by atoms with Crippen molar-refractivity contribution in [1.82, 2.24) is 10.6 Å². The van der Waals surface area contributed by atoms with Gasteiger partial charge >= 0.3 is 0 Å². The lowest BCUT2D eigenvalue weighted by molar-refractivity contribution is -0.167. The van der Waals surface area contributed by atoms with Gasteiger partial charge in [-0.2, -0.15) is 0 Å². The lowest BCUT2D eigenvalue weighted by Gasteiger charge is -2.59. The van der Waals surface area contributed by atoms with E-state index < -0.39 is 5.72 Å². The number of benzene rings is 1. The van der Waals surface area contributed by atoms with E-state index in [1.807, 2.05) is 18.2 Å². The Morgan fingerprint density at radius 1 is 1.32 bits per heavy atom. The fourth-order valence-corrected chi connectivity index (χ4v) is 5.80. The molecule has 5 atom stereocenters. The van der Waals surface area contributed by atoms with Gasteiger partial charge in [0, 0.05) is 31.4 Å². The van der Waals surface area contributed by atoms with Crippen molar-refractivity contribution in [2.45, 2.75) is 57.3 Å². The molecule has 3 saturated carbocycles. The smallest absolute Gasteiger partial charge is 0.258 e. The van der Waals surface area contributed by atoms with Crippen molar-refractivity contribution in [2.75, 3.05) is 13.2 Å². The van der Waals surface area contributed by atoms with Gasteiger partial charge in [0.2, 0.25) is 5.91 Å². The van der Waals surface area contributed by atoms with E-state index in [1.54, 1.807) is 6.07 Å². The van der Waals surface area contributed by atoms with Crippen molar-refractivity contribution >= 4 is 11.8 Å². The number of rotatable bonds is 3. The highest BCUT2D eigenvalue weighted by Crippen LogP contribution is 2.58. The van der Waals surface area contributed by atoms with Gasteiger partial charge in [0.1, 0.15) is 5.75 Å². The number of para-hydroxylation sites is 1. The number of ether oxygens (including phenoxy) is 2. The Bertz CT molecular complexity index is 805. The van der Waals surface area contributed by atoms with Crippen LogP contribution in [0.15, 0.2) is 24.3 Å². The molecule has 2 amide bonds. The van der Waals surface area contributed by atoms with Crippen molar-refractivity contribution < 1.29 is 19.1 Å². The van der Waals surface area contributed by atoms with E-state index in [0.717, 1.165) is 38.7 Å². The molecule has 28 heavy (non-hydrogen) atoms. The quantitative estimate of drug-likeness (QED) is 0.840. The van der Waals surface area contributed by atoms with Crippen LogP contribution in [0.1, 0.15) is 55.8 Å². The molecule has 6 rings (SSSR count). The van der Waals surface area contributed by atoms with Crippen molar-refractivity contribution in [3.63, 3.8) is 0 Å². The maximum atomic E-state index is 13.0. The number of hydrogen-bond acceptors (Lipinski definition) is 4. The minimum Gasteiger partial charge on any atom is -0.467 e. The summed E-state index contributed by atoms with van der Waals surface area (Å²) in [6, 6.07) is 7.41. The molecule has 1 aromatic rings. The van der Waals surface area contributed by atoms with Gasteiger partial charge in [-0.05, 0) is 49.7 Å². The second-order valence-electron chi connectivity index (χ2n) is 9.18. The van der Waals surface area contributed by atoms with Crippen LogP contribution in [0.4, 0.5) is 0 Å². The highest BCUT2D eigenvalue weighted by molar-refractivity contribution is 5.98. The Hall–Kier alpha value is -2.08. The zero-order chi connectivity index (χ0) is 19.4. The average molecular weight is 384 g/mol. The topological polar surface area (TPSA) is 76.7 Å². The highest BCUT2D eigenvalue weighted by atomic mass is 16.5. The molecule has 2 N–H and O–H groups in total. The summed E-state index contributed by atoms with van der Waals surface area (Å²) in [7, 11) is 0. The molecule has 6 heteroatoms. The standard InChI is InChI=1S/C22H28N2O4/c1-21-9-8-14(11-17(21)20(26)23-12-15-5-4-10-27-15)22(13-21)24-19(25)16-6-2-3-7-18(16)28-22/h2-3,6-7,14-15,17H,4-5,8-13H2,1H3,(H,23,26)(H,24,25)/t14-,15-,17+,21-,22+/m0/s1. The van der Waals surface area contributed by atoms with Gasteiger partial charge in [-0.3, -0.25) is 9.59 Å². The van der Waals surface area contributed by atoms with Crippen LogP contribution in [0.2, 0.25) is 0 Å². The van der Waals surface area contributed by atoms with E-state index in [9.17, 15) is 9.59 Å². The van der Waals surface area contributed by atoms with Gasteiger partial charge in [0.15, 0.2) is 5.72 Å². The van der Waals surface area contributed by atoms with Crippen LogP contribution < -0.4 is 15.4 Å². The molecule has 3 aliphatic carbocycles. The van der Waals surface area contributed by atoms with E-state index in [-0.39, 0.29) is 35.2 Å². The van der Waals surface area contributed by atoms with Crippen LogP contribution in [0.25, 0.3) is 0 Å². The average Bonchev–Trinajstić information content (AvgIpc) is 3.19. The van der Waals surface area contributed by atoms with Gasteiger partial charge in [0.05, 0.1) is 11.7 Å². The van der Waals surface area contributed by atoms with E-state index in [2.05, 4.69) is 17.6 Å². The summed E-state index contributed by atoms with van der Waals surface area (Å²) in [5.41, 5.74) is -0.288. The zero-order valence-electron chi connectivity index (χ0n) is 16.3. The van der Waals surface area contributed by atoms with Crippen LogP contribution in [0, 0.1) is 17.3 Å². The summed E-state index contributed by atoms with van der Waals surface area (Å²) >= 11 is 0. The number of fused-ring (bicyclic) bond motifs is 3. The first-order chi connectivity index (χ1) is 13.5. The normalized spacial score (nSPS) is 38.6. The van der Waals surface area contributed by atoms with Crippen LogP contribution in [0.5, 0.6) is 5.75 Å². The summed E-state index contributed by atoms with van der Waals surface area (Å²) in [6.45, 7) is 3.57. The third-order valence-electron chi connectivity index (χ3n) is 7.34. The highest BCUT2D eigenvalue weighted by Gasteiger charge is 2.61. The molecule has 150 valence electrons. The molecule has 6 nitrogen and oxygen atoms in total. The minimum atomic E-state index is -0.691. The fourth-order valence-electron chi connectivity index (χ4n) is 5.80. The summed E-state index contributed by atoms with van der Waals surface area (Å²) in [4.78, 5) is 25.7. The van der Waals surface area contributed by atoms with Gasteiger partial charge in [-0.15, -0.1) is 0 Å². The Morgan fingerprint density at radius 2 is 2.18 bits per heavy atom. The van der Waals surface area contributed by atoms with Crippen molar-refractivity contribution in [2.24, 2.45) is 17.3 Å². The Labute approximate surface area is 165 Å². The number of nitrogens with one attached hydrogen (secondary N) is 2. The molecular weight excluding hydrogens is 356 g/mol. The Morgan fingerprint density at radius 3 is 2.96 bits per heavy atom. The molecule has 1 aromatic carbocycles. The minimum absolute atomic E-state index is 0.0454. The van der Waals surface area contributed by atoms with Gasteiger partial charge in [-0.1, -0.05) is 19.1 Å². The number of carbonyl (C=O) groups is 2. The monoisotopic (exact) mass is 384 g/mol. The van der Waals surface area contributed by atoms with Crippen LogP contribution in [-0.2, 0) is 9.53 Å². The zero-order valence-corrected chi connectivity index (χ0v) is 16.3. The van der Waals surface area contributed by atoms with Crippen LogP contribution in [-0.4, -0.2) is 36.8 Å². The molecular formula is C22H28N2O4. The number of carbonyl (C=O) groups excluding carboxylic acids is 2. The molecule has 1 spiro atoms. The molecule has 0 radical (unpaired) electrons. The Kier molecular flexibility index (Phi) is 4.16. The summed E-state index contributed by atoms with van der Waals surface area (Å²) in [5.74, 6) is 0.806. The first kappa shape index (κ1) is 18.0. The van der Waals surface area contributed by atoms with E-state index in [0.29, 0.717) is 24.3 Å². The third kappa shape index (κ3) is 2.81. The second-order valence-corrected chi connectivity index (χ2v) is 9.18. The molecule has 1 saturated heterocycles. The van der Waals surface area contributed by atoms with Crippen LogP contribution >= 0.6 is 0 Å².